The minimum absolute atomic E-state index is 0.107. The van der Waals surface area contributed by atoms with Crippen molar-refractivity contribution in [2.45, 2.75) is 18.9 Å². The standard InChI is InChI=1S/C11H17N2O/c1-12-7-3-5-10(9-12)11-6-4-8-13(11,2)14/h3,5,7,9,11H,4,6,8H2,1-2H3/q+1/t11-,13?/m0/s1. The number of rotatable bonds is 1. The van der Waals surface area contributed by atoms with Crippen molar-refractivity contribution in [3.8, 4) is 0 Å². The molecule has 2 atom stereocenters. The van der Waals surface area contributed by atoms with E-state index in [-0.39, 0.29) is 10.7 Å². The molecule has 2 heterocycles. The van der Waals surface area contributed by atoms with Crippen LogP contribution in [0, 0.1) is 5.21 Å². The zero-order valence-corrected chi connectivity index (χ0v) is 8.81. The minimum Gasteiger partial charge on any atom is -0.633 e. The summed E-state index contributed by atoms with van der Waals surface area (Å²) < 4.78 is 1.90. The first kappa shape index (κ1) is 9.62. The number of hydrogen-bond acceptors (Lipinski definition) is 1. The monoisotopic (exact) mass is 193 g/mol. The lowest BCUT2D eigenvalue weighted by atomic mass is 10.1. The molecule has 0 spiro atoms. The molecule has 1 fully saturated rings. The Morgan fingerprint density at radius 2 is 2.36 bits per heavy atom. The summed E-state index contributed by atoms with van der Waals surface area (Å²) in [5.41, 5.74) is 1.17. The molecule has 1 unspecified atom stereocenters. The fourth-order valence-corrected chi connectivity index (χ4v) is 2.32. The van der Waals surface area contributed by atoms with E-state index in [1.54, 1.807) is 7.05 Å². The highest BCUT2D eigenvalue weighted by molar-refractivity contribution is 5.10. The van der Waals surface area contributed by atoms with Gasteiger partial charge in [-0.1, -0.05) is 0 Å². The fraction of sp³-hybridized carbons (Fsp3) is 0.545. The summed E-state index contributed by atoms with van der Waals surface area (Å²) >= 11 is 0. The lowest BCUT2D eigenvalue weighted by Crippen LogP contribution is -2.38. The quantitative estimate of drug-likeness (QED) is 0.375. The van der Waals surface area contributed by atoms with E-state index in [0.717, 1.165) is 19.4 Å². The van der Waals surface area contributed by atoms with E-state index >= 15 is 0 Å². The SMILES string of the molecule is C[n+]1cccc([C@@H]2CCC[N+]2(C)[O-])c1. The molecule has 1 saturated heterocycles. The predicted molar refractivity (Wildman–Crippen MR) is 54.0 cm³/mol. The summed E-state index contributed by atoms with van der Waals surface area (Å²) in [6.07, 6.45) is 6.12. The van der Waals surface area contributed by atoms with Crippen molar-refractivity contribution in [3.05, 3.63) is 35.3 Å². The first-order valence-electron chi connectivity index (χ1n) is 5.11. The molecule has 0 aliphatic carbocycles. The summed E-state index contributed by atoms with van der Waals surface area (Å²) in [5, 5.41) is 12.1. The van der Waals surface area contributed by atoms with Gasteiger partial charge in [-0.3, -0.25) is 0 Å². The first-order chi connectivity index (χ1) is 6.59. The Labute approximate surface area is 84.8 Å². The second-order valence-electron chi connectivity index (χ2n) is 4.36. The van der Waals surface area contributed by atoms with Crippen LogP contribution >= 0.6 is 0 Å². The van der Waals surface area contributed by atoms with Gasteiger partial charge in [-0.2, -0.15) is 0 Å². The molecule has 0 aromatic carbocycles. The van der Waals surface area contributed by atoms with Gasteiger partial charge in [0.05, 0.1) is 19.2 Å². The van der Waals surface area contributed by atoms with E-state index in [1.807, 2.05) is 23.9 Å². The van der Waals surface area contributed by atoms with Crippen molar-refractivity contribution >= 4 is 0 Å². The largest absolute Gasteiger partial charge is 0.633 e. The number of hydrogen-bond donors (Lipinski definition) is 0. The molecule has 0 saturated carbocycles. The van der Waals surface area contributed by atoms with Gasteiger partial charge < -0.3 is 9.85 Å². The van der Waals surface area contributed by atoms with Crippen molar-refractivity contribution in [2.24, 2.45) is 7.05 Å². The maximum atomic E-state index is 12.1. The first-order valence-corrected chi connectivity index (χ1v) is 5.11. The van der Waals surface area contributed by atoms with Crippen LogP contribution in [-0.4, -0.2) is 18.2 Å². The van der Waals surface area contributed by atoms with Crippen LogP contribution in [0.1, 0.15) is 24.4 Å². The van der Waals surface area contributed by atoms with E-state index in [1.165, 1.54) is 5.56 Å². The van der Waals surface area contributed by atoms with Gasteiger partial charge in [0.1, 0.15) is 13.1 Å². The summed E-state index contributed by atoms with van der Waals surface area (Å²) in [6.45, 7) is 0.753. The molecule has 0 radical (unpaired) electrons. The molecule has 1 aromatic heterocycles. The van der Waals surface area contributed by atoms with Crippen molar-refractivity contribution in [3.63, 3.8) is 0 Å². The molecule has 1 aromatic rings. The third-order valence-corrected chi connectivity index (χ3v) is 3.09. The maximum Gasteiger partial charge on any atom is 0.177 e. The highest BCUT2D eigenvalue weighted by Gasteiger charge is 2.33. The van der Waals surface area contributed by atoms with E-state index in [4.69, 9.17) is 0 Å². The number of pyridine rings is 1. The summed E-state index contributed by atoms with van der Waals surface area (Å²) in [4.78, 5) is 0. The number of aromatic nitrogens is 1. The van der Waals surface area contributed by atoms with Crippen LogP contribution < -0.4 is 4.57 Å². The van der Waals surface area contributed by atoms with Crippen LogP contribution in [0.25, 0.3) is 0 Å². The molecule has 76 valence electrons. The smallest absolute Gasteiger partial charge is 0.177 e. The molecule has 2 rings (SSSR count). The van der Waals surface area contributed by atoms with Gasteiger partial charge in [0, 0.05) is 18.9 Å². The van der Waals surface area contributed by atoms with Crippen molar-refractivity contribution in [1.29, 1.82) is 0 Å². The van der Waals surface area contributed by atoms with Crippen LogP contribution in [-0.2, 0) is 7.05 Å². The highest BCUT2D eigenvalue weighted by Crippen LogP contribution is 2.35. The molecule has 0 bridgehead atoms. The molecule has 0 amide bonds. The van der Waals surface area contributed by atoms with Crippen LogP contribution in [0.5, 0.6) is 0 Å². The Bertz CT molecular complexity index is 336. The Morgan fingerprint density at radius 1 is 1.57 bits per heavy atom. The second-order valence-corrected chi connectivity index (χ2v) is 4.36. The summed E-state index contributed by atoms with van der Waals surface area (Å²) in [7, 11) is 3.78. The number of quaternary nitrogens is 1. The van der Waals surface area contributed by atoms with Crippen LogP contribution in [0.3, 0.4) is 0 Å². The van der Waals surface area contributed by atoms with Crippen molar-refractivity contribution < 1.29 is 9.21 Å². The van der Waals surface area contributed by atoms with E-state index in [2.05, 4.69) is 12.3 Å². The zero-order chi connectivity index (χ0) is 10.2. The predicted octanol–water partition coefficient (Wildman–Crippen LogP) is 1.29. The second kappa shape index (κ2) is 3.33. The molecular formula is C11H17N2O+. The Balaban J connectivity index is 2.31. The summed E-state index contributed by atoms with van der Waals surface area (Å²) in [6, 6.07) is 4.21. The highest BCUT2D eigenvalue weighted by atomic mass is 16.5. The van der Waals surface area contributed by atoms with Gasteiger partial charge in [-0.25, -0.2) is 4.57 Å². The topological polar surface area (TPSA) is 26.9 Å². The molecule has 3 heteroatoms. The summed E-state index contributed by atoms with van der Waals surface area (Å²) in [5.74, 6) is 0. The van der Waals surface area contributed by atoms with Gasteiger partial charge in [-0.15, -0.1) is 0 Å². The molecule has 0 N–H and O–H groups in total. The van der Waals surface area contributed by atoms with E-state index < -0.39 is 0 Å². The average molecular weight is 193 g/mol. The van der Waals surface area contributed by atoms with Crippen molar-refractivity contribution in [2.75, 3.05) is 13.6 Å². The van der Waals surface area contributed by atoms with Gasteiger partial charge in [-0.05, 0) is 6.07 Å². The Hall–Kier alpha value is -0.930. The van der Waals surface area contributed by atoms with Crippen molar-refractivity contribution in [1.82, 2.24) is 0 Å². The maximum absolute atomic E-state index is 12.1. The van der Waals surface area contributed by atoms with Gasteiger partial charge in [0.15, 0.2) is 12.4 Å². The molecule has 14 heavy (non-hydrogen) atoms. The number of hydroxylamine groups is 3. The Kier molecular flexibility index (Phi) is 2.29. The molecule has 1 aliphatic rings. The number of nitrogens with zero attached hydrogens (tertiary/aromatic N) is 2. The van der Waals surface area contributed by atoms with Crippen LogP contribution in [0.2, 0.25) is 0 Å². The van der Waals surface area contributed by atoms with Gasteiger partial charge >= 0.3 is 0 Å². The van der Waals surface area contributed by atoms with Crippen LogP contribution in [0.15, 0.2) is 24.5 Å². The fourth-order valence-electron chi connectivity index (χ4n) is 2.32. The number of likely N-dealkylation sites (tertiary alicyclic amines) is 1. The average Bonchev–Trinajstić information content (AvgIpc) is 2.45. The van der Waals surface area contributed by atoms with E-state index in [0.29, 0.717) is 0 Å². The Morgan fingerprint density at radius 3 is 2.93 bits per heavy atom. The lowest BCUT2D eigenvalue weighted by Gasteiger charge is -2.39. The van der Waals surface area contributed by atoms with Gasteiger partial charge in [0.2, 0.25) is 0 Å². The lowest BCUT2D eigenvalue weighted by molar-refractivity contribution is -0.879. The zero-order valence-electron chi connectivity index (χ0n) is 8.81. The minimum atomic E-state index is -0.107. The molecular weight excluding hydrogens is 176 g/mol. The third kappa shape index (κ3) is 1.65. The molecule has 3 nitrogen and oxygen atoms in total. The van der Waals surface area contributed by atoms with Gasteiger partial charge in [0.25, 0.3) is 0 Å². The normalized spacial score (nSPS) is 32.1. The third-order valence-electron chi connectivity index (χ3n) is 3.09. The number of aryl methyl sites for hydroxylation is 1. The molecule has 1 aliphatic heterocycles. The van der Waals surface area contributed by atoms with Crippen LogP contribution in [0.4, 0.5) is 0 Å². The van der Waals surface area contributed by atoms with E-state index in [9.17, 15) is 5.21 Å².